The van der Waals surface area contributed by atoms with Crippen LogP contribution in [-0.2, 0) is 9.53 Å². The van der Waals surface area contributed by atoms with E-state index in [1.807, 2.05) is 6.92 Å². The minimum atomic E-state index is -0.465. The molecule has 1 aliphatic rings. The Morgan fingerprint density at radius 1 is 1.17 bits per heavy atom. The van der Waals surface area contributed by atoms with Gasteiger partial charge in [-0.25, -0.2) is 0 Å². The van der Waals surface area contributed by atoms with Gasteiger partial charge in [-0.3, -0.25) is 4.79 Å². The number of ether oxygens (including phenoxy) is 1. The zero-order chi connectivity index (χ0) is 13.8. The fourth-order valence-corrected chi connectivity index (χ4v) is 2.76. The molecule has 0 aliphatic heterocycles. The Bertz CT molecular complexity index is 271. The van der Waals surface area contributed by atoms with Crippen LogP contribution in [0.5, 0.6) is 0 Å². The standard InChI is InChI=1S/C16H30O2/c1-6-13(3)12-14(17)16(18-7-2)10-8-15(4,5)9-11-16/h13H,6-12H2,1-5H3. The van der Waals surface area contributed by atoms with E-state index in [2.05, 4.69) is 27.7 Å². The largest absolute Gasteiger partial charge is 0.368 e. The van der Waals surface area contributed by atoms with Crippen LogP contribution in [0.25, 0.3) is 0 Å². The number of hydrogen-bond acceptors (Lipinski definition) is 2. The number of ketones is 1. The molecule has 0 spiro atoms. The average molecular weight is 254 g/mol. The van der Waals surface area contributed by atoms with Crippen LogP contribution in [0.4, 0.5) is 0 Å². The molecular formula is C16H30O2. The van der Waals surface area contributed by atoms with Crippen LogP contribution in [0.2, 0.25) is 0 Å². The van der Waals surface area contributed by atoms with Gasteiger partial charge in [0.1, 0.15) is 5.60 Å². The number of rotatable bonds is 6. The van der Waals surface area contributed by atoms with E-state index in [9.17, 15) is 4.79 Å². The predicted octanol–water partition coefficient (Wildman–Crippen LogP) is 4.37. The maximum atomic E-state index is 12.6. The first-order valence-electron chi connectivity index (χ1n) is 7.52. The highest BCUT2D eigenvalue weighted by molar-refractivity contribution is 5.87. The molecule has 0 aromatic rings. The molecule has 1 atom stereocenters. The SMILES string of the molecule is CCOC1(C(=O)CC(C)CC)CCC(C)(C)CC1. The zero-order valence-corrected chi connectivity index (χ0v) is 12.8. The molecule has 1 rings (SSSR count). The van der Waals surface area contributed by atoms with Gasteiger partial charge in [-0.2, -0.15) is 0 Å². The molecule has 2 heteroatoms. The first-order valence-corrected chi connectivity index (χ1v) is 7.52. The minimum Gasteiger partial charge on any atom is -0.368 e. The highest BCUT2D eigenvalue weighted by Gasteiger charge is 2.44. The summed E-state index contributed by atoms with van der Waals surface area (Å²) in [5.74, 6) is 0.818. The van der Waals surface area contributed by atoms with Crippen LogP contribution in [0.3, 0.4) is 0 Å². The molecule has 0 N–H and O–H groups in total. The van der Waals surface area contributed by atoms with Crippen molar-refractivity contribution in [1.29, 1.82) is 0 Å². The van der Waals surface area contributed by atoms with Crippen molar-refractivity contribution in [1.82, 2.24) is 0 Å². The van der Waals surface area contributed by atoms with Gasteiger partial charge in [0.2, 0.25) is 0 Å². The fraction of sp³-hybridized carbons (Fsp3) is 0.938. The van der Waals surface area contributed by atoms with E-state index in [-0.39, 0.29) is 0 Å². The third kappa shape index (κ3) is 3.81. The van der Waals surface area contributed by atoms with Gasteiger partial charge in [0, 0.05) is 13.0 Å². The molecule has 1 saturated carbocycles. The molecule has 0 heterocycles. The second kappa shape index (κ2) is 6.18. The van der Waals surface area contributed by atoms with Gasteiger partial charge in [0.25, 0.3) is 0 Å². The molecule has 0 aromatic heterocycles. The third-order valence-electron chi connectivity index (χ3n) is 4.57. The van der Waals surface area contributed by atoms with Gasteiger partial charge >= 0.3 is 0 Å². The molecular weight excluding hydrogens is 224 g/mol. The fourth-order valence-electron chi connectivity index (χ4n) is 2.76. The monoisotopic (exact) mass is 254 g/mol. The Balaban J connectivity index is 2.72. The first-order chi connectivity index (χ1) is 8.35. The molecule has 18 heavy (non-hydrogen) atoms. The number of carbonyl (C=O) groups excluding carboxylic acids is 1. The summed E-state index contributed by atoms with van der Waals surface area (Å²) in [5.41, 5.74) is -0.0923. The van der Waals surface area contributed by atoms with E-state index in [1.165, 1.54) is 0 Å². The summed E-state index contributed by atoms with van der Waals surface area (Å²) in [4.78, 5) is 12.6. The van der Waals surface area contributed by atoms with Gasteiger partial charge < -0.3 is 4.74 Å². The second-order valence-corrected chi connectivity index (χ2v) is 6.73. The molecule has 106 valence electrons. The summed E-state index contributed by atoms with van der Waals surface area (Å²) < 4.78 is 5.92. The van der Waals surface area contributed by atoms with E-state index in [0.717, 1.165) is 32.1 Å². The predicted molar refractivity (Wildman–Crippen MR) is 75.7 cm³/mol. The lowest BCUT2D eigenvalue weighted by Gasteiger charge is -2.42. The van der Waals surface area contributed by atoms with Crippen LogP contribution >= 0.6 is 0 Å². The normalized spacial score (nSPS) is 23.6. The van der Waals surface area contributed by atoms with Crippen molar-refractivity contribution in [3.63, 3.8) is 0 Å². The Morgan fingerprint density at radius 2 is 1.72 bits per heavy atom. The maximum Gasteiger partial charge on any atom is 0.164 e. The minimum absolute atomic E-state index is 0.342. The van der Waals surface area contributed by atoms with E-state index in [4.69, 9.17) is 4.74 Å². The maximum absolute atomic E-state index is 12.6. The summed E-state index contributed by atoms with van der Waals surface area (Å²) in [5, 5.41) is 0. The topological polar surface area (TPSA) is 26.3 Å². The Hall–Kier alpha value is -0.370. The molecule has 0 aromatic carbocycles. The molecule has 0 amide bonds. The Labute approximate surface area is 112 Å². The quantitative estimate of drug-likeness (QED) is 0.703. The van der Waals surface area contributed by atoms with Gasteiger partial charge in [-0.1, -0.05) is 34.1 Å². The smallest absolute Gasteiger partial charge is 0.164 e. The number of Topliss-reactive ketones (excluding diaryl/α,β-unsaturated/α-hetero) is 1. The van der Waals surface area contributed by atoms with Crippen molar-refractivity contribution in [2.75, 3.05) is 6.61 Å². The summed E-state index contributed by atoms with van der Waals surface area (Å²) >= 11 is 0. The van der Waals surface area contributed by atoms with Gasteiger partial charge in [0.15, 0.2) is 5.78 Å². The van der Waals surface area contributed by atoms with Gasteiger partial charge in [0.05, 0.1) is 0 Å². The van der Waals surface area contributed by atoms with Crippen LogP contribution in [0, 0.1) is 11.3 Å². The molecule has 0 saturated heterocycles. The highest BCUT2D eigenvalue weighted by Crippen LogP contribution is 2.43. The van der Waals surface area contributed by atoms with Crippen LogP contribution in [0.1, 0.15) is 73.1 Å². The summed E-state index contributed by atoms with van der Waals surface area (Å²) in [6.45, 7) is 11.5. The molecule has 1 unspecified atom stereocenters. The Kier molecular flexibility index (Phi) is 5.39. The lowest BCUT2D eigenvalue weighted by molar-refractivity contribution is -0.153. The van der Waals surface area contributed by atoms with Gasteiger partial charge in [-0.15, -0.1) is 0 Å². The average Bonchev–Trinajstić information content (AvgIpc) is 2.32. The molecule has 1 fully saturated rings. The summed E-state index contributed by atoms with van der Waals surface area (Å²) in [6, 6.07) is 0. The molecule has 0 radical (unpaired) electrons. The Morgan fingerprint density at radius 3 is 2.17 bits per heavy atom. The zero-order valence-electron chi connectivity index (χ0n) is 12.8. The van der Waals surface area contributed by atoms with Gasteiger partial charge in [-0.05, 0) is 43.9 Å². The van der Waals surface area contributed by atoms with Crippen molar-refractivity contribution < 1.29 is 9.53 Å². The van der Waals surface area contributed by atoms with E-state index in [1.54, 1.807) is 0 Å². The van der Waals surface area contributed by atoms with E-state index < -0.39 is 5.60 Å². The van der Waals surface area contributed by atoms with Crippen molar-refractivity contribution in [2.24, 2.45) is 11.3 Å². The van der Waals surface area contributed by atoms with Crippen molar-refractivity contribution in [3.05, 3.63) is 0 Å². The molecule has 0 bridgehead atoms. The molecule has 1 aliphatic carbocycles. The third-order valence-corrected chi connectivity index (χ3v) is 4.57. The lowest BCUT2D eigenvalue weighted by Crippen LogP contribution is -2.46. The highest BCUT2D eigenvalue weighted by atomic mass is 16.5. The number of hydrogen-bond donors (Lipinski definition) is 0. The van der Waals surface area contributed by atoms with Crippen molar-refractivity contribution in [2.45, 2.75) is 78.7 Å². The van der Waals surface area contributed by atoms with E-state index >= 15 is 0 Å². The second-order valence-electron chi connectivity index (χ2n) is 6.73. The van der Waals surface area contributed by atoms with Crippen LogP contribution in [0.15, 0.2) is 0 Å². The lowest BCUT2D eigenvalue weighted by atomic mass is 9.68. The van der Waals surface area contributed by atoms with Crippen molar-refractivity contribution in [3.8, 4) is 0 Å². The van der Waals surface area contributed by atoms with Crippen LogP contribution < -0.4 is 0 Å². The summed E-state index contributed by atoms with van der Waals surface area (Å²) in [6.07, 6.45) is 5.75. The van der Waals surface area contributed by atoms with E-state index in [0.29, 0.717) is 30.1 Å². The molecule has 2 nitrogen and oxygen atoms in total. The van der Waals surface area contributed by atoms with Crippen molar-refractivity contribution >= 4 is 5.78 Å². The van der Waals surface area contributed by atoms with Crippen LogP contribution in [-0.4, -0.2) is 18.0 Å². The summed E-state index contributed by atoms with van der Waals surface area (Å²) in [7, 11) is 0. The number of carbonyl (C=O) groups is 1. The first kappa shape index (κ1) is 15.7.